The van der Waals surface area contributed by atoms with Crippen molar-refractivity contribution in [3.63, 3.8) is 0 Å². The number of halogens is 2. The van der Waals surface area contributed by atoms with E-state index in [1.165, 1.54) is 36.1 Å². The summed E-state index contributed by atoms with van der Waals surface area (Å²) < 4.78 is 29.5. The number of nitrogens with one attached hydrogen (secondary N) is 2. The highest BCUT2D eigenvalue weighted by atomic mass is 19.1. The van der Waals surface area contributed by atoms with E-state index in [-0.39, 0.29) is 36.4 Å². The lowest BCUT2D eigenvalue weighted by Gasteiger charge is -2.44. The Kier molecular flexibility index (Phi) is 6.02. The van der Waals surface area contributed by atoms with Gasteiger partial charge in [0.25, 0.3) is 5.91 Å². The number of fused-ring (bicyclic) bond motifs is 3. The number of aromatic nitrogens is 1. The Morgan fingerprint density at radius 1 is 1.06 bits per heavy atom. The molecule has 5 rings (SSSR count). The van der Waals surface area contributed by atoms with E-state index in [9.17, 15) is 23.2 Å². The summed E-state index contributed by atoms with van der Waals surface area (Å²) >= 11 is 0. The number of carbonyl (C=O) groups excluding carboxylic acids is 3. The topological polar surface area (TPSA) is 83.4 Å². The molecule has 0 unspecified atom stereocenters. The minimum Gasteiger partial charge on any atom is -0.351 e. The second-order valence-corrected chi connectivity index (χ2v) is 9.90. The predicted octanol–water partition coefficient (Wildman–Crippen LogP) is 4.35. The average Bonchev–Trinajstić information content (AvgIpc) is 3.44. The van der Waals surface area contributed by atoms with E-state index >= 15 is 0 Å². The van der Waals surface area contributed by atoms with Crippen molar-refractivity contribution < 1.29 is 23.2 Å². The molecule has 3 amide bonds. The van der Waals surface area contributed by atoms with Gasteiger partial charge in [-0.05, 0) is 55.7 Å². The van der Waals surface area contributed by atoms with Crippen molar-refractivity contribution in [2.45, 2.75) is 64.2 Å². The number of benzene rings is 2. The zero-order valence-electron chi connectivity index (χ0n) is 20.2. The van der Waals surface area contributed by atoms with Crippen molar-refractivity contribution in [3.05, 3.63) is 65.4 Å². The highest BCUT2D eigenvalue weighted by Gasteiger charge is 2.49. The Morgan fingerprint density at radius 2 is 1.72 bits per heavy atom. The van der Waals surface area contributed by atoms with Gasteiger partial charge in [0.05, 0.1) is 17.7 Å². The summed E-state index contributed by atoms with van der Waals surface area (Å²) in [6.07, 6.45) is 3.85. The molecule has 1 aliphatic carbocycles. The van der Waals surface area contributed by atoms with E-state index < -0.39 is 29.0 Å². The largest absolute Gasteiger partial charge is 0.351 e. The first-order valence-electron chi connectivity index (χ1n) is 12.1. The number of hydrogen-bond acceptors (Lipinski definition) is 3. The fraction of sp³-hybridized carbons (Fsp3) is 0.370. The molecule has 1 aliphatic heterocycles. The molecule has 0 saturated heterocycles. The maximum atomic E-state index is 14.2. The van der Waals surface area contributed by atoms with Gasteiger partial charge in [0.2, 0.25) is 11.8 Å². The Labute approximate surface area is 207 Å². The summed E-state index contributed by atoms with van der Waals surface area (Å²) in [6, 6.07) is 9.93. The minimum absolute atomic E-state index is 0.0453. The summed E-state index contributed by atoms with van der Waals surface area (Å²) in [4.78, 5) is 41.4. The number of rotatable bonds is 5. The molecule has 3 aromatic rings. The third-order valence-corrected chi connectivity index (χ3v) is 7.27. The van der Waals surface area contributed by atoms with Crippen molar-refractivity contribution in [2.75, 3.05) is 5.32 Å². The second kappa shape index (κ2) is 9.04. The normalized spacial score (nSPS) is 20.0. The predicted molar refractivity (Wildman–Crippen MR) is 131 cm³/mol. The van der Waals surface area contributed by atoms with Crippen LogP contribution in [-0.4, -0.2) is 38.8 Å². The van der Waals surface area contributed by atoms with Crippen molar-refractivity contribution >= 4 is 34.3 Å². The van der Waals surface area contributed by atoms with Gasteiger partial charge in [0, 0.05) is 24.9 Å². The van der Waals surface area contributed by atoms with Crippen LogP contribution in [-0.2, 0) is 22.7 Å². The molecule has 36 heavy (non-hydrogen) atoms. The Balaban J connectivity index is 1.65. The van der Waals surface area contributed by atoms with E-state index in [0.29, 0.717) is 16.5 Å². The molecule has 2 aliphatic rings. The van der Waals surface area contributed by atoms with Crippen LogP contribution in [0.2, 0.25) is 0 Å². The number of carbonyl (C=O) groups is 3. The van der Waals surface area contributed by atoms with E-state index in [1.807, 2.05) is 0 Å². The van der Waals surface area contributed by atoms with Crippen molar-refractivity contribution in [1.29, 1.82) is 0 Å². The van der Waals surface area contributed by atoms with Gasteiger partial charge in [-0.1, -0.05) is 25.0 Å². The van der Waals surface area contributed by atoms with Crippen molar-refractivity contribution in [2.24, 2.45) is 0 Å². The number of nitrogens with zero attached hydrogens (tertiary/aromatic N) is 2. The van der Waals surface area contributed by atoms with Gasteiger partial charge >= 0.3 is 0 Å². The average molecular weight is 495 g/mol. The zero-order valence-corrected chi connectivity index (χ0v) is 20.2. The van der Waals surface area contributed by atoms with Gasteiger partial charge < -0.3 is 20.1 Å². The molecule has 9 heteroatoms. The molecule has 1 fully saturated rings. The fourth-order valence-corrected chi connectivity index (χ4v) is 5.39. The highest BCUT2D eigenvalue weighted by molar-refractivity contribution is 6.14. The van der Waals surface area contributed by atoms with Crippen LogP contribution in [0.15, 0.2) is 42.5 Å². The lowest BCUT2D eigenvalue weighted by Crippen LogP contribution is -2.64. The molecule has 0 radical (unpaired) electrons. The van der Waals surface area contributed by atoms with Crippen LogP contribution in [0.4, 0.5) is 14.5 Å². The van der Waals surface area contributed by atoms with Gasteiger partial charge in [-0.3, -0.25) is 14.4 Å². The standard InChI is InChI=1S/C27H28F2N4O3/c1-16(34)30-23-21-13-19(29)11-12-22(21)32-15-27(2,26(36)31-20-5-3-4-6-20)33(25(35)24(23)32)14-17-7-9-18(28)10-8-17/h7-13,20H,3-6,14-15H2,1-2H3,(H,30,34)(H,31,36)/t27-/m0/s1. The molecule has 1 aromatic heterocycles. The molecule has 7 nitrogen and oxygen atoms in total. The third kappa shape index (κ3) is 4.12. The van der Waals surface area contributed by atoms with Crippen LogP contribution < -0.4 is 10.6 Å². The maximum Gasteiger partial charge on any atom is 0.273 e. The molecule has 1 atom stereocenters. The molecule has 1 saturated carbocycles. The molecule has 2 aromatic carbocycles. The summed E-state index contributed by atoms with van der Waals surface area (Å²) in [7, 11) is 0. The lowest BCUT2D eigenvalue weighted by molar-refractivity contribution is -0.133. The van der Waals surface area contributed by atoms with Gasteiger partial charge in [-0.25, -0.2) is 8.78 Å². The quantitative estimate of drug-likeness (QED) is 0.553. The summed E-state index contributed by atoms with van der Waals surface area (Å²) in [5.41, 5.74) is 0.309. The van der Waals surface area contributed by atoms with Crippen LogP contribution in [0.5, 0.6) is 0 Å². The molecule has 2 N–H and O–H groups in total. The SMILES string of the molecule is CC(=O)Nc1c2n(c3ccc(F)cc13)C[C@@](C)(C(=O)NC1CCCC1)N(Cc1ccc(F)cc1)C2=O. The van der Waals surface area contributed by atoms with Crippen LogP contribution in [0.25, 0.3) is 10.9 Å². The number of anilines is 1. The molecule has 0 bridgehead atoms. The monoisotopic (exact) mass is 494 g/mol. The molecule has 2 heterocycles. The van der Waals surface area contributed by atoms with Crippen LogP contribution in [0.3, 0.4) is 0 Å². The van der Waals surface area contributed by atoms with E-state index in [4.69, 9.17) is 0 Å². The molecule has 0 spiro atoms. The third-order valence-electron chi connectivity index (χ3n) is 7.27. The van der Waals surface area contributed by atoms with E-state index in [2.05, 4.69) is 10.6 Å². The summed E-state index contributed by atoms with van der Waals surface area (Å²) in [5.74, 6) is -2.06. The smallest absolute Gasteiger partial charge is 0.273 e. The maximum absolute atomic E-state index is 14.2. The number of hydrogen-bond donors (Lipinski definition) is 2. The minimum atomic E-state index is -1.28. The van der Waals surface area contributed by atoms with Crippen LogP contribution in [0.1, 0.15) is 55.6 Å². The van der Waals surface area contributed by atoms with E-state index in [0.717, 1.165) is 25.7 Å². The van der Waals surface area contributed by atoms with Gasteiger partial charge in [-0.15, -0.1) is 0 Å². The summed E-state index contributed by atoms with van der Waals surface area (Å²) in [5, 5.41) is 6.21. The summed E-state index contributed by atoms with van der Waals surface area (Å²) in [6.45, 7) is 3.20. The molecular weight excluding hydrogens is 466 g/mol. The van der Waals surface area contributed by atoms with Crippen LogP contribution >= 0.6 is 0 Å². The fourth-order valence-electron chi connectivity index (χ4n) is 5.39. The first-order valence-corrected chi connectivity index (χ1v) is 12.1. The van der Waals surface area contributed by atoms with E-state index in [1.54, 1.807) is 29.7 Å². The number of amides is 3. The van der Waals surface area contributed by atoms with Gasteiger partial charge in [-0.2, -0.15) is 0 Å². The van der Waals surface area contributed by atoms with Gasteiger partial charge in [0.1, 0.15) is 22.9 Å². The van der Waals surface area contributed by atoms with Crippen molar-refractivity contribution in [1.82, 2.24) is 14.8 Å². The highest BCUT2D eigenvalue weighted by Crippen LogP contribution is 2.40. The van der Waals surface area contributed by atoms with Crippen LogP contribution in [0, 0.1) is 11.6 Å². The zero-order chi connectivity index (χ0) is 25.6. The Morgan fingerprint density at radius 3 is 2.39 bits per heavy atom. The lowest BCUT2D eigenvalue weighted by atomic mass is 9.93. The molecule has 188 valence electrons. The Bertz CT molecular complexity index is 1360. The Hall–Kier alpha value is -3.75. The van der Waals surface area contributed by atoms with Crippen molar-refractivity contribution in [3.8, 4) is 0 Å². The first kappa shape index (κ1) is 24.0. The van der Waals surface area contributed by atoms with Gasteiger partial charge in [0.15, 0.2) is 0 Å². The molecular formula is C27H28F2N4O3. The first-order chi connectivity index (χ1) is 17.2. The second-order valence-electron chi connectivity index (χ2n) is 9.90.